The number of aliphatic hydroxyl groups excluding tert-OH is 1. The summed E-state index contributed by atoms with van der Waals surface area (Å²) in [4.78, 5) is 0. The smallest absolute Gasteiger partial charge is 0.122 e. The second-order valence-electron chi connectivity index (χ2n) is 4.18. The van der Waals surface area contributed by atoms with E-state index < -0.39 is 0 Å². The molecule has 0 aliphatic carbocycles. The van der Waals surface area contributed by atoms with Crippen molar-refractivity contribution in [1.29, 1.82) is 0 Å². The zero-order valence-electron chi connectivity index (χ0n) is 10.2. The highest BCUT2D eigenvalue weighted by Gasteiger charge is 2.11. The van der Waals surface area contributed by atoms with Crippen LogP contribution in [0.4, 0.5) is 0 Å². The van der Waals surface area contributed by atoms with E-state index >= 15 is 0 Å². The van der Waals surface area contributed by atoms with Crippen molar-refractivity contribution in [2.75, 3.05) is 7.11 Å². The van der Waals surface area contributed by atoms with Crippen LogP contribution in [0.25, 0.3) is 0 Å². The van der Waals surface area contributed by atoms with Gasteiger partial charge in [-0.25, -0.2) is 0 Å². The Labute approximate surface area is 91.9 Å². The highest BCUT2D eigenvalue weighted by molar-refractivity contribution is 5.48. The van der Waals surface area contributed by atoms with Crippen molar-refractivity contribution in [3.63, 3.8) is 0 Å². The molecule has 0 bridgehead atoms. The normalized spacial score (nSPS) is 12.7. The van der Waals surface area contributed by atoms with Gasteiger partial charge in [0.1, 0.15) is 5.75 Å². The summed E-state index contributed by atoms with van der Waals surface area (Å²) in [5.74, 6) is 0.930. The minimum absolute atomic E-state index is 0.296. The van der Waals surface area contributed by atoms with Crippen molar-refractivity contribution in [2.24, 2.45) is 0 Å². The van der Waals surface area contributed by atoms with E-state index in [0.29, 0.717) is 6.42 Å². The van der Waals surface area contributed by atoms with Crippen molar-refractivity contribution in [3.05, 3.63) is 28.3 Å². The zero-order chi connectivity index (χ0) is 11.6. The molecule has 1 aromatic carbocycles. The van der Waals surface area contributed by atoms with Crippen LogP contribution >= 0.6 is 0 Å². The molecule has 0 radical (unpaired) electrons. The van der Waals surface area contributed by atoms with E-state index in [-0.39, 0.29) is 6.10 Å². The van der Waals surface area contributed by atoms with E-state index in [1.807, 2.05) is 13.0 Å². The Morgan fingerprint density at radius 3 is 2.33 bits per heavy atom. The number of hydrogen-bond donors (Lipinski definition) is 1. The number of methoxy groups -OCH3 is 1. The Hall–Kier alpha value is -1.02. The average molecular weight is 208 g/mol. The van der Waals surface area contributed by atoms with E-state index in [2.05, 4.69) is 20.8 Å². The molecule has 1 atom stereocenters. The Morgan fingerprint density at radius 1 is 1.27 bits per heavy atom. The van der Waals surface area contributed by atoms with Gasteiger partial charge in [0.2, 0.25) is 0 Å². The lowest BCUT2D eigenvalue weighted by Gasteiger charge is -2.16. The van der Waals surface area contributed by atoms with Crippen LogP contribution in [-0.4, -0.2) is 18.3 Å². The zero-order valence-corrected chi connectivity index (χ0v) is 10.2. The molecule has 0 amide bonds. The number of aryl methyl sites for hydroxylation is 1. The molecule has 0 heterocycles. The van der Waals surface area contributed by atoms with Gasteiger partial charge in [0.05, 0.1) is 13.2 Å². The van der Waals surface area contributed by atoms with Crippen LogP contribution in [0.5, 0.6) is 5.75 Å². The molecule has 2 heteroatoms. The number of ether oxygens (including phenoxy) is 1. The molecule has 0 aliphatic rings. The van der Waals surface area contributed by atoms with E-state index in [1.54, 1.807) is 7.11 Å². The molecule has 15 heavy (non-hydrogen) atoms. The van der Waals surface area contributed by atoms with Gasteiger partial charge < -0.3 is 9.84 Å². The SMILES string of the molecule is COc1cc(C)c(CC(C)O)c(C)c1C. The van der Waals surface area contributed by atoms with Crippen LogP contribution in [0, 0.1) is 20.8 Å². The fourth-order valence-corrected chi connectivity index (χ4v) is 1.92. The summed E-state index contributed by atoms with van der Waals surface area (Å²) < 4.78 is 5.30. The van der Waals surface area contributed by atoms with Crippen LogP contribution in [0.1, 0.15) is 29.2 Å². The van der Waals surface area contributed by atoms with Crippen LogP contribution in [-0.2, 0) is 6.42 Å². The topological polar surface area (TPSA) is 29.5 Å². The second kappa shape index (κ2) is 4.67. The van der Waals surface area contributed by atoms with Gasteiger partial charge in [-0.15, -0.1) is 0 Å². The van der Waals surface area contributed by atoms with Gasteiger partial charge >= 0.3 is 0 Å². The lowest BCUT2D eigenvalue weighted by Crippen LogP contribution is -2.09. The van der Waals surface area contributed by atoms with Crippen molar-refractivity contribution >= 4 is 0 Å². The van der Waals surface area contributed by atoms with Crippen LogP contribution in [0.2, 0.25) is 0 Å². The Bertz CT molecular complexity index is 354. The van der Waals surface area contributed by atoms with Crippen LogP contribution in [0.3, 0.4) is 0 Å². The summed E-state index contributed by atoms with van der Waals surface area (Å²) in [6.45, 7) is 8.02. The summed E-state index contributed by atoms with van der Waals surface area (Å²) >= 11 is 0. The molecular weight excluding hydrogens is 188 g/mol. The first-order valence-corrected chi connectivity index (χ1v) is 5.29. The number of benzene rings is 1. The summed E-state index contributed by atoms with van der Waals surface area (Å²) in [6.07, 6.45) is 0.415. The van der Waals surface area contributed by atoms with Gasteiger partial charge in [0, 0.05) is 0 Å². The maximum absolute atomic E-state index is 9.44. The number of hydrogen-bond acceptors (Lipinski definition) is 2. The largest absolute Gasteiger partial charge is 0.496 e. The molecule has 1 N–H and O–H groups in total. The predicted octanol–water partition coefficient (Wildman–Crippen LogP) is 2.54. The first kappa shape index (κ1) is 12.1. The minimum atomic E-state index is -0.296. The molecule has 0 spiro atoms. The van der Waals surface area contributed by atoms with Crippen molar-refractivity contribution < 1.29 is 9.84 Å². The van der Waals surface area contributed by atoms with E-state index in [0.717, 1.165) is 5.75 Å². The monoisotopic (exact) mass is 208 g/mol. The summed E-state index contributed by atoms with van der Waals surface area (Å²) in [5, 5.41) is 9.44. The van der Waals surface area contributed by atoms with E-state index in [9.17, 15) is 5.11 Å². The lowest BCUT2D eigenvalue weighted by molar-refractivity contribution is 0.195. The molecule has 1 aromatic rings. The third-order valence-corrected chi connectivity index (χ3v) is 2.93. The van der Waals surface area contributed by atoms with Crippen molar-refractivity contribution in [3.8, 4) is 5.75 Å². The summed E-state index contributed by atoms with van der Waals surface area (Å²) in [5.41, 5.74) is 4.82. The predicted molar refractivity (Wildman–Crippen MR) is 62.6 cm³/mol. The quantitative estimate of drug-likeness (QED) is 0.827. The molecule has 0 aliphatic heterocycles. The molecule has 0 saturated heterocycles. The lowest BCUT2D eigenvalue weighted by atomic mass is 9.94. The molecule has 1 unspecified atom stereocenters. The molecule has 0 saturated carbocycles. The maximum Gasteiger partial charge on any atom is 0.122 e. The molecular formula is C13H20O2. The Morgan fingerprint density at radius 2 is 1.87 bits per heavy atom. The third kappa shape index (κ3) is 2.51. The summed E-state index contributed by atoms with van der Waals surface area (Å²) in [7, 11) is 1.69. The standard InChI is InChI=1S/C13H20O2/c1-8-6-13(15-5)11(4)10(3)12(8)7-9(2)14/h6,9,14H,7H2,1-5H3. The minimum Gasteiger partial charge on any atom is -0.496 e. The van der Waals surface area contributed by atoms with Gasteiger partial charge in [-0.1, -0.05) is 0 Å². The second-order valence-corrected chi connectivity index (χ2v) is 4.18. The van der Waals surface area contributed by atoms with Crippen LogP contribution in [0.15, 0.2) is 6.07 Å². The van der Waals surface area contributed by atoms with Gasteiger partial charge in [-0.3, -0.25) is 0 Å². The van der Waals surface area contributed by atoms with Gasteiger partial charge in [0.15, 0.2) is 0 Å². The highest BCUT2D eigenvalue weighted by atomic mass is 16.5. The molecule has 0 fully saturated rings. The van der Waals surface area contributed by atoms with E-state index in [1.165, 1.54) is 22.3 Å². The average Bonchev–Trinajstić information content (AvgIpc) is 2.18. The molecule has 0 aromatic heterocycles. The number of rotatable bonds is 3. The Kier molecular flexibility index (Phi) is 3.75. The third-order valence-electron chi connectivity index (χ3n) is 2.93. The van der Waals surface area contributed by atoms with Gasteiger partial charge in [-0.05, 0) is 62.4 Å². The Balaban J connectivity index is 3.23. The number of aliphatic hydroxyl groups is 1. The fraction of sp³-hybridized carbons (Fsp3) is 0.538. The van der Waals surface area contributed by atoms with Crippen LogP contribution < -0.4 is 4.74 Å². The van der Waals surface area contributed by atoms with Crippen molar-refractivity contribution in [2.45, 2.75) is 40.2 Å². The maximum atomic E-state index is 9.44. The van der Waals surface area contributed by atoms with E-state index in [4.69, 9.17) is 4.74 Å². The van der Waals surface area contributed by atoms with Gasteiger partial charge in [-0.2, -0.15) is 0 Å². The molecule has 2 nitrogen and oxygen atoms in total. The molecule has 84 valence electrons. The van der Waals surface area contributed by atoms with Crippen molar-refractivity contribution in [1.82, 2.24) is 0 Å². The molecule has 1 rings (SSSR count). The fourth-order valence-electron chi connectivity index (χ4n) is 1.92. The highest BCUT2D eigenvalue weighted by Crippen LogP contribution is 2.28. The summed E-state index contributed by atoms with van der Waals surface area (Å²) in [6, 6.07) is 2.04. The first-order chi connectivity index (χ1) is 6.97. The van der Waals surface area contributed by atoms with Gasteiger partial charge in [0.25, 0.3) is 0 Å². The first-order valence-electron chi connectivity index (χ1n) is 5.29.